The maximum Gasteiger partial charge on any atom is 0.263 e. The van der Waals surface area contributed by atoms with Crippen molar-refractivity contribution in [3.05, 3.63) is 174 Å². The van der Waals surface area contributed by atoms with Gasteiger partial charge in [0.15, 0.2) is 0 Å². The summed E-state index contributed by atoms with van der Waals surface area (Å²) < 4.78 is 6.76. The summed E-state index contributed by atoms with van der Waals surface area (Å²) in [4.78, 5) is 14.1. The SMILES string of the molecule is C/C=C\C(=C/C(C)C)n1c2ccc(-n3c4ccccc4c4ccccc43)cc2c2c(-c3ccc4c(c3)c3cccc5c6ccccc6c(=O)n4c53)cccc21. The van der Waals surface area contributed by atoms with E-state index in [0.29, 0.717) is 5.92 Å². The average Bonchev–Trinajstić information content (AvgIpc) is 3.85. The molecule has 4 aromatic heterocycles. The molecule has 0 saturated carbocycles. The fraction of sp³-hybridized carbons (Fsp3) is 0.0784. The third-order valence-corrected chi connectivity index (χ3v) is 11.5. The van der Waals surface area contributed by atoms with Crippen molar-refractivity contribution >= 4 is 87.3 Å². The lowest BCUT2D eigenvalue weighted by Gasteiger charge is -2.12. The van der Waals surface area contributed by atoms with E-state index >= 15 is 0 Å². The monoisotopic (exact) mass is 707 g/mol. The first-order valence-corrected chi connectivity index (χ1v) is 19.1. The fourth-order valence-corrected chi connectivity index (χ4v) is 9.32. The van der Waals surface area contributed by atoms with Crippen LogP contribution in [0.5, 0.6) is 0 Å². The summed E-state index contributed by atoms with van der Waals surface area (Å²) in [5, 5.41) is 9.90. The van der Waals surface area contributed by atoms with Crippen molar-refractivity contribution in [1.29, 1.82) is 0 Å². The van der Waals surface area contributed by atoms with Crippen LogP contribution < -0.4 is 5.56 Å². The van der Waals surface area contributed by atoms with Gasteiger partial charge in [-0.25, -0.2) is 0 Å². The maximum absolute atomic E-state index is 14.1. The van der Waals surface area contributed by atoms with E-state index in [9.17, 15) is 4.79 Å². The van der Waals surface area contributed by atoms with Crippen molar-refractivity contribution in [3.8, 4) is 16.8 Å². The number of fused-ring (bicyclic) bond motifs is 11. The largest absolute Gasteiger partial charge is 0.310 e. The first-order valence-electron chi connectivity index (χ1n) is 19.1. The lowest BCUT2D eigenvalue weighted by Crippen LogP contribution is -2.12. The first kappa shape index (κ1) is 31.6. The highest BCUT2D eigenvalue weighted by Crippen LogP contribution is 2.43. The van der Waals surface area contributed by atoms with Crippen LogP contribution in [0.4, 0.5) is 0 Å². The van der Waals surface area contributed by atoms with Crippen molar-refractivity contribution in [2.45, 2.75) is 20.8 Å². The third-order valence-electron chi connectivity index (χ3n) is 11.5. The van der Waals surface area contributed by atoms with E-state index in [1.807, 2.05) is 22.6 Å². The van der Waals surface area contributed by atoms with Gasteiger partial charge < -0.3 is 9.13 Å². The number of aromatic nitrogens is 3. The highest BCUT2D eigenvalue weighted by Gasteiger charge is 2.21. The van der Waals surface area contributed by atoms with Gasteiger partial charge in [0.25, 0.3) is 5.56 Å². The lowest BCUT2D eigenvalue weighted by molar-refractivity contribution is 0.829. The highest BCUT2D eigenvalue weighted by atomic mass is 16.1. The number of hydrogen-bond acceptors (Lipinski definition) is 1. The molecule has 0 atom stereocenters. The number of rotatable bonds is 5. The molecule has 0 spiro atoms. The topological polar surface area (TPSA) is 31.3 Å². The predicted octanol–water partition coefficient (Wildman–Crippen LogP) is 13.1. The van der Waals surface area contributed by atoms with Crippen molar-refractivity contribution in [2.75, 3.05) is 0 Å². The minimum Gasteiger partial charge on any atom is -0.310 e. The van der Waals surface area contributed by atoms with Crippen LogP contribution in [0.3, 0.4) is 0 Å². The number of pyridine rings is 1. The van der Waals surface area contributed by atoms with Gasteiger partial charge in [-0.05, 0) is 90.0 Å². The molecule has 0 radical (unpaired) electrons. The van der Waals surface area contributed by atoms with E-state index < -0.39 is 0 Å². The zero-order valence-electron chi connectivity index (χ0n) is 30.9. The number of hydrogen-bond donors (Lipinski definition) is 0. The summed E-state index contributed by atoms with van der Waals surface area (Å²) in [5.74, 6) is 0.361. The molecule has 55 heavy (non-hydrogen) atoms. The molecule has 11 rings (SSSR count). The average molecular weight is 708 g/mol. The Kier molecular flexibility index (Phi) is 6.78. The molecule has 262 valence electrons. The van der Waals surface area contributed by atoms with Gasteiger partial charge in [-0.15, -0.1) is 0 Å². The Morgan fingerprint density at radius 3 is 1.89 bits per heavy atom. The summed E-state index contributed by atoms with van der Waals surface area (Å²) >= 11 is 0. The van der Waals surface area contributed by atoms with Gasteiger partial charge in [-0.1, -0.05) is 117 Å². The summed E-state index contributed by atoms with van der Waals surface area (Å²) in [6.45, 7) is 6.56. The zero-order valence-corrected chi connectivity index (χ0v) is 30.9. The molecule has 0 bridgehead atoms. The molecule has 0 N–H and O–H groups in total. The highest BCUT2D eigenvalue weighted by molar-refractivity contribution is 6.22. The number of nitrogens with zero attached hydrogens (tertiary/aromatic N) is 3. The van der Waals surface area contributed by atoms with E-state index in [0.717, 1.165) is 71.5 Å². The molecule has 0 aliphatic carbocycles. The fourth-order valence-electron chi connectivity index (χ4n) is 9.32. The van der Waals surface area contributed by atoms with Gasteiger partial charge in [0, 0.05) is 54.5 Å². The van der Waals surface area contributed by atoms with E-state index in [2.05, 4.69) is 176 Å². The minimum atomic E-state index is 0.0262. The van der Waals surface area contributed by atoms with Crippen LogP contribution in [-0.2, 0) is 0 Å². The Hall–Kier alpha value is -6.91. The minimum absolute atomic E-state index is 0.0262. The molecule has 4 nitrogen and oxygen atoms in total. The lowest BCUT2D eigenvalue weighted by atomic mass is 9.97. The molecule has 4 heterocycles. The van der Waals surface area contributed by atoms with Gasteiger partial charge in [0.1, 0.15) is 0 Å². The van der Waals surface area contributed by atoms with Crippen molar-refractivity contribution < 1.29 is 0 Å². The van der Waals surface area contributed by atoms with E-state index in [4.69, 9.17) is 0 Å². The smallest absolute Gasteiger partial charge is 0.263 e. The van der Waals surface area contributed by atoms with Crippen LogP contribution in [0, 0.1) is 5.92 Å². The summed E-state index contributed by atoms with van der Waals surface area (Å²) in [7, 11) is 0. The van der Waals surface area contributed by atoms with Gasteiger partial charge in [0.05, 0.1) is 33.1 Å². The second kappa shape index (κ2) is 11.8. The maximum atomic E-state index is 14.1. The molecule has 0 fully saturated rings. The summed E-state index contributed by atoms with van der Waals surface area (Å²) in [6.07, 6.45) is 6.70. The molecule has 0 amide bonds. The van der Waals surface area contributed by atoms with Crippen molar-refractivity contribution in [3.63, 3.8) is 0 Å². The van der Waals surface area contributed by atoms with Crippen LogP contribution >= 0.6 is 0 Å². The van der Waals surface area contributed by atoms with E-state index in [1.165, 1.54) is 32.6 Å². The Morgan fingerprint density at radius 2 is 1.16 bits per heavy atom. The van der Waals surface area contributed by atoms with Gasteiger partial charge in [-0.3, -0.25) is 9.20 Å². The van der Waals surface area contributed by atoms with Gasteiger partial charge >= 0.3 is 0 Å². The Morgan fingerprint density at radius 1 is 0.545 bits per heavy atom. The Labute approximate surface area is 317 Å². The van der Waals surface area contributed by atoms with Crippen LogP contribution in [-0.4, -0.2) is 13.5 Å². The number of benzene rings is 7. The van der Waals surface area contributed by atoms with Crippen molar-refractivity contribution in [2.24, 2.45) is 5.92 Å². The van der Waals surface area contributed by atoms with Crippen LogP contribution in [0.25, 0.3) is 104 Å². The van der Waals surface area contributed by atoms with Crippen LogP contribution in [0.1, 0.15) is 20.8 Å². The molecular weight excluding hydrogens is 671 g/mol. The Balaban J connectivity index is 1.24. The molecule has 0 saturated heterocycles. The third kappa shape index (κ3) is 4.43. The molecule has 7 aromatic carbocycles. The van der Waals surface area contributed by atoms with E-state index in [-0.39, 0.29) is 5.56 Å². The quantitative estimate of drug-likeness (QED) is 0.129. The standard InChI is InChI=1S/C51H37N3O/c1-4-13-33(28-31(2)3)53-47-27-25-34(52-44-21-9-7-15-37(44)38-16-8-10-22-45(38)52)30-43(47)49-35(18-12-23-48(49)53)32-24-26-46-42(29-32)40-20-11-19-39-36-14-5-6-17-41(36)51(55)54(46)50(39)40/h4-31H,1-3H3/b13-4-,33-28+. The molecule has 0 aliphatic heterocycles. The normalized spacial score (nSPS) is 12.9. The zero-order chi connectivity index (χ0) is 36.9. The second-order valence-electron chi connectivity index (χ2n) is 15.1. The first-order chi connectivity index (χ1) is 27.0. The van der Waals surface area contributed by atoms with Crippen LogP contribution in [0.2, 0.25) is 0 Å². The number of para-hydroxylation sites is 3. The Bertz CT molecular complexity index is 3440. The second-order valence-corrected chi connectivity index (χ2v) is 15.1. The molecule has 11 aromatic rings. The molecular formula is C51H37N3O. The van der Waals surface area contributed by atoms with Gasteiger partial charge in [-0.2, -0.15) is 0 Å². The molecule has 0 unspecified atom stereocenters. The van der Waals surface area contributed by atoms with Crippen LogP contribution in [0.15, 0.2) is 169 Å². The molecule has 4 heteroatoms. The summed E-state index contributed by atoms with van der Waals surface area (Å²) in [6, 6.07) is 52.1. The molecule has 0 aliphatic rings. The van der Waals surface area contributed by atoms with E-state index in [1.54, 1.807) is 0 Å². The van der Waals surface area contributed by atoms with Crippen molar-refractivity contribution in [1.82, 2.24) is 13.5 Å². The van der Waals surface area contributed by atoms with Gasteiger partial charge in [0.2, 0.25) is 0 Å². The summed E-state index contributed by atoms with van der Waals surface area (Å²) in [5.41, 5.74) is 11.2. The predicted molar refractivity (Wildman–Crippen MR) is 234 cm³/mol. The number of allylic oxidation sites excluding steroid dienone is 4.